The van der Waals surface area contributed by atoms with Crippen LogP contribution in [0.5, 0.6) is 5.75 Å². The second-order valence-corrected chi connectivity index (χ2v) is 8.29. The van der Waals surface area contributed by atoms with Gasteiger partial charge in [-0.25, -0.2) is 9.79 Å². The summed E-state index contributed by atoms with van der Waals surface area (Å²) in [4.78, 5) is 28.2. The van der Waals surface area contributed by atoms with Crippen molar-refractivity contribution in [3.8, 4) is 5.75 Å². The summed E-state index contributed by atoms with van der Waals surface area (Å²) >= 11 is 7.15. The van der Waals surface area contributed by atoms with Crippen molar-refractivity contribution >= 4 is 52.2 Å². The zero-order valence-electron chi connectivity index (χ0n) is 16.6. The van der Waals surface area contributed by atoms with E-state index in [0.717, 1.165) is 11.1 Å². The first-order valence-corrected chi connectivity index (χ1v) is 10.8. The van der Waals surface area contributed by atoms with Crippen molar-refractivity contribution in [1.82, 2.24) is 5.32 Å². The molecule has 0 aliphatic carbocycles. The highest BCUT2D eigenvalue weighted by Gasteiger charge is 2.23. The molecule has 2 N–H and O–H groups in total. The molecule has 4 rings (SSSR count). The zero-order valence-corrected chi connectivity index (χ0v) is 18.2. The first kappa shape index (κ1) is 21.7. The van der Waals surface area contributed by atoms with Gasteiger partial charge < -0.3 is 15.2 Å². The van der Waals surface area contributed by atoms with Crippen LogP contribution in [0.2, 0.25) is 5.02 Å². The number of carbonyl (C=O) groups is 2. The molecule has 1 saturated heterocycles. The first-order chi connectivity index (χ1) is 15.5. The quantitative estimate of drug-likeness (QED) is 0.470. The van der Waals surface area contributed by atoms with Gasteiger partial charge in [0.2, 0.25) is 0 Å². The summed E-state index contributed by atoms with van der Waals surface area (Å²) in [6.45, 7) is 0.299. The number of amides is 1. The Bertz CT molecular complexity index is 1220. The van der Waals surface area contributed by atoms with E-state index in [2.05, 4.69) is 10.3 Å². The normalized spacial score (nSPS) is 15.7. The Balaban J connectivity index is 1.43. The lowest BCUT2D eigenvalue weighted by atomic mass is 10.1. The summed E-state index contributed by atoms with van der Waals surface area (Å²) in [6, 6.07) is 20.9. The molecule has 1 heterocycles. The van der Waals surface area contributed by atoms with E-state index in [1.54, 1.807) is 54.6 Å². The van der Waals surface area contributed by atoms with Crippen LogP contribution >= 0.6 is 23.4 Å². The van der Waals surface area contributed by atoms with Gasteiger partial charge in [-0.3, -0.25) is 4.79 Å². The Morgan fingerprint density at radius 2 is 1.84 bits per heavy atom. The fraction of sp³-hybridized carbons (Fsp3) is 0.0417. The zero-order chi connectivity index (χ0) is 22.5. The molecule has 0 spiro atoms. The van der Waals surface area contributed by atoms with E-state index in [9.17, 15) is 9.59 Å². The molecule has 8 heteroatoms. The van der Waals surface area contributed by atoms with Gasteiger partial charge in [-0.1, -0.05) is 35.9 Å². The van der Waals surface area contributed by atoms with Crippen molar-refractivity contribution in [2.75, 3.05) is 0 Å². The third kappa shape index (κ3) is 5.57. The maximum atomic E-state index is 12.3. The van der Waals surface area contributed by atoms with Crippen molar-refractivity contribution in [1.29, 1.82) is 0 Å². The lowest BCUT2D eigenvalue weighted by Gasteiger charge is -2.07. The van der Waals surface area contributed by atoms with Crippen LogP contribution in [0.3, 0.4) is 0 Å². The molecule has 1 aliphatic rings. The average molecular weight is 465 g/mol. The van der Waals surface area contributed by atoms with Gasteiger partial charge in [0.15, 0.2) is 5.17 Å². The van der Waals surface area contributed by atoms with Crippen LogP contribution in [0.1, 0.15) is 21.5 Å². The number of halogens is 1. The smallest absolute Gasteiger partial charge is 0.335 e. The van der Waals surface area contributed by atoms with Gasteiger partial charge in [-0.05, 0) is 77.5 Å². The first-order valence-electron chi connectivity index (χ1n) is 9.56. The predicted octanol–water partition coefficient (Wildman–Crippen LogP) is 5.51. The standard InChI is InChI=1S/C24H17ClN2O4S/c25-18-8-10-19(11-9-18)26-24-27-22(28)21(32-24)13-16-2-1-3-20(12-16)31-14-15-4-6-17(7-5-15)23(29)30/h1-13H,14H2,(H,29,30)(H,26,27,28)/b21-13-. The Morgan fingerprint density at radius 3 is 2.56 bits per heavy atom. The summed E-state index contributed by atoms with van der Waals surface area (Å²) in [5.74, 6) is -0.541. The number of nitrogens with one attached hydrogen (secondary N) is 1. The van der Waals surface area contributed by atoms with Gasteiger partial charge >= 0.3 is 5.97 Å². The molecule has 32 heavy (non-hydrogen) atoms. The van der Waals surface area contributed by atoms with Crippen LogP contribution in [0.4, 0.5) is 5.69 Å². The number of benzene rings is 3. The lowest BCUT2D eigenvalue weighted by Crippen LogP contribution is -2.19. The van der Waals surface area contributed by atoms with E-state index < -0.39 is 5.97 Å². The molecule has 0 radical (unpaired) electrons. The number of nitrogens with zero attached hydrogens (tertiary/aromatic N) is 1. The SMILES string of the molecule is O=C1NC(=Nc2ccc(Cl)cc2)S/C1=C\c1cccc(OCc2ccc(C(=O)O)cc2)c1. The fourth-order valence-electron chi connectivity index (χ4n) is 2.87. The molecule has 1 aliphatic heterocycles. The molecule has 0 unspecified atom stereocenters. The summed E-state index contributed by atoms with van der Waals surface area (Å²) < 4.78 is 5.82. The van der Waals surface area contributed by atoms with Crippen molar-refractivity contribution in [2.45, 2.75) is 6.61 Å². The number of thioether (sulfide) groups is 1. The molecule has 0 aromatic heterocycles. The molecule has 6 nitrogen and oxygen atoms in total. The van der Waals surface area contributed by atoms with Crippen LogP contribution in [0.15, 0.2) is 82.7 Å². The summed E-state index contributed by atoms with van der Waals surface area (Å²) in [6.07, 6.45) is 1.78. The number of rotatable bonds is 6. The number of hydrogen-bond acceptors (Lipinski definition) is 5. The number of carboxylic acid groups (broad SMARTS) is 1. The highest BCUT2D eigenvalue weighted by molar-refractivity contribution is 8.18. The topological polar surface area (TPSA) is 88.0 Å². The van der Waals surface area contributed by atoms with E-state index in [4.69, 9.17) is 21.4 Å². The number of carbonyl (C=O) groups excluding carboxylic acids is 1. The number of aliphatic imine (C=N–C) groups is 1. The number of amidine groups is 1. The maximum Gasteiger partial charge on any atom is 0.335 e. The van der Waals surface area contributed by atoms with Crippen molar-refractivity contribution in [3.05, 3.63) is 99.4 Å². The second-order valence-electron chi connectivity index (χ2n) is 6.82. The molecule has 0 bridgehead atoms. The third-order valence-corrected chi connectivity index (χ3v) is 5.63. The monoisotopic (exact) mass is 464 g/mol. The number of ether oxygens (including phenoxy) is 1. The molecule has 160 valence electrons. The third-order valence-electron chi connectivity index (χ3n) is 4.47. The van der Waals surface area contributed by atoms with Crippen molar-refractivity contribution in [3.63, 3.8) is 0 Å². The Morgan fingerprint density at radius 1 is 1.09 bits per heavy atom. The highest BCUT2D eigenvalue weighted by Crippen LogP contribution is 2.29. The minimum atomic E-state index is -0.964. The van der Waals surface area contributed by atoms with Gasteiger partial charge in [-0.2, -0.15) is 0 Å². The van der Waals surface area contributed by atoms with E-state index >= 15 is 0 Å². The Hall–Kier alpha value is -3.55. The predicted molar refractivity (Wildman–Crippen MR) is 126 cm³/mol. The number of carboxylic acids is 1. The van der Waals surface area contributed by atoms with E-state index in [0.29, 0.717) is 33.1 Å². The maximum absolute atomic E-state index is 12.3. The van der Waals surface area contributed by atoms with E-state index in [-0.39, 0.29) is 11.5 Å². The largest absolute Gasteiger partial charge is 0.489 e. The minimum absolute atomic E-state index is 0.215. The molecule has 1 amide bonds. The summed E-state index contributed by atoms with van der Waals surface area (Å²) in [5, 5.41) is 12.9. The summed E-state index contributed by atoms with van der Waals surface area (Å²) in [7, 11) is 0. The van der Waals surface area contributed by atoms with Crippen LogP contribution in [0.25, 0.3) is 6.08 Å². The minimum Gasteiger partial charge on any atom is -0.489 e. The van der Waals surface area contributed by atoms with Gasteiger partial charge in [0.1, 0.15) is 12.4 Å². The molecule has 3 aromatic carbocycles. The van der Waals surface area contributed by atoms with E-state index in [1.165, 1.54) is 11.8 Å². The Kier molecular flexibility index (Phi) is 6.58. The van der Waals surface area contributed by atoms with Gasteiger partial charge in [0.05, 0.1) is 16.2 Å². The second kappa shape index (κ2) is 9.72. The van der Waals surface area contributed by atoms with Crippen molar-refractivity contribution < 1.29 is 19.4 Å². The lowest BCUT2D eigenvalue weighted by molar-refractivity contribution is -0.115. The van der Waals surface area contributed by atoms with Gasteiger partial charge in [0.25, 0.3) is 5.91 Å². The van der Waals surface area contributed by atoms with E-state index in [1.807, 2.05) is 24.3 Å². The van der Waals surface area contributed by atoms with Crippen LogP contribution in [-0.2, 0) is 11.4 Å². The molecular formula is C24H17ClN2O4S. The number of hydrogen-bond donors (Lipinski definition) is 2. The summed E-state index contributed by atoms with van der Waals surface area (Å²) in [5.41, 5.74) is 2.60. The van der Waals surface area contributed by atoms with Crippen LogP contribution in [-0.4, -0.2) is 22.2 Å². The van der Waals surface area contributed by atoms with Gasteiger partial charge in [-0.15, -0.1) is 0 Å². The fourth-order valence-corrected chi connectivity index (χ4v) is 3.84. The molecule has 0 atom stereocenters. The average Bonchev–Trinajstić information content (AvgIpc) is 3.13. The number of aromatic carboxylic acids is 1. The molecule has 0 saturated carbocycles. The molecule has 3 aromatic rings. The van der Waals surface area contributed by atoms with Crippen molar-refractivity contribution in [2.24, 2.45) is 4.99 Å². The van der Waals surface area contributed by atoms with Crippen LogP contribution < -0.4 is 10.1 Å². The highest BCUT2D eigenvalue weighted by atomic mass is 35.5. The Labute approximate surface area is 193 Å². The molecular weight excluding hydrogens is 448 g/mol. The van der Waals surface area contributed by atoms with Gasteiger partial charge in [0, 0.05) is 5.02 Å². The molecule has 1 fully saturated rings. The van der Waals surface area contributed by atoms with Crippen LogP contribution in [0, 0.1) is 0 Å².